The van der Waals surface area contributed by atoms with Crippen LogP contribution in [0.4, 0.5) is 17.8 Å². The van der Waals surface area contributed by atoms with Gasteiger partial charge < -0.3 is 10.5 Å². The second-order valence-corrected chi connectivity index (χ2v) is 3.09. The number of carbonyl (C=O) groups is 1. The first kappa shape index (κ1) is 15.8. The minimum atomic E-state index is -0.0339. The molecule has 0 saturated heterocycles. The summed E-state index contributed by atoms with van der Waals surface area (Å²) in [7, 11) is 1.66. The van der Waals surface area contributed by atoms with Crippen molar-refractivity contribution >= 4 is 24.6 Å². The third-order valence-electron chi connectivity index (χ3n) is 1.79. The van der Waals surface area contributed by atoms with E-state index in [1.807, 2.05) is 6.79 Å². The van der Waals surface area contributed by atoms with Gasteiger partial charge in [-0.3, -0.25) is 4.84 Å². The van der Waals surface area contributed by atoms with Crippen LogP contribution < -0.4 is 10.8 Å². The van der Waals surface area contributed by atoms with Gasteiger partial charge in [0.05, 0.1) is 6.61 Å². The molecule has 0 aromatic carbocycles. The van der Waals surface area contributed by atoms with Crippen LogP contribution in [0.15, 0.2) is 5.11 Å². The van der Waals surface area contributed by atoms with Gasteiger partial charge in [0.15, 0.2) is 0 Å². The monoisotopic (exact) mass is 255 g/mol. The molecule has 1 aromatic rings. The SMILES string of the molecule is C=O.CCCCON(C)c1nc(N)nc(N=N)n1. The molecule has 0 aliphatic heterocycles. The minimum absolute atomic E-state index is 0.0157. The van der Waals surface area contributed by atoms with Gasteiger partial charge >= 0.3 is 0 Å². The summed E-state index contributed by atoms with van der Waals surface area (Å²) in [6.07, 6.45) is 1.99. The summed E-state index contributed by atoms with van der Waals surface area (Å²) < 4.78 is 0. The van der Waals surface area contributed by atoms with Crippen molar-refractivity contribution in [3.8, 4) is 0 Å². The van der Waals surface area contributed by atoms with Crippen molar-refractivity contribution < 1.29 is 9.63 Å². The lowest BCUT2D eigenvalue weighted by Crippen LogP contribution is -2.21. The molecule has 0 fully saturated rings. The number of aromatic nitrogens is 3. The highest BCUT2D eigenvalue weighted by molar-refractivity contribution is 5.36. The summed E-state index contributed by atoms with van der Waals surface area (Å²) >= 11 is 0. The van der Waals surface area contributed by atoms with Crippen LogP contribution in [0.1, 0.15) is 19.8 Å². The number of carbonyl (C=O) groups excluding carboxylic acids is 1. The molecule has 0 unspecified atom stereocenters. The summed E-state index contributed by atoms with van der Waals surface area (Å²) in [5, 5.41) is 4.49. The molecule has 9 nitrogen and oxygen atoms in total. The van der Waals surface area contributed by atoms with Crippen molar-refractivity contribution in [2.75, 3.05) is 24.5 Å². The molecule has 3 N–H and O–H groups in total. The molecule has 100 valence electrons. The Bertz CT molecular complexity index is 374. The van der Waals surface area contributed by atoms with Crippen LogP contribution in [-0.4, -0.2) is 35.4 Å². The highest BCUT2D eigenvalue weighted by atomic mass is 16.7. The van der Waals surface area contributed by atoms with Gasteiger partial charge in [-0.2, -0.15) is 15.0 Å². The van der Waals surface area contributed by atoms with Gasteiger partial charge in [-0.1, -0.05) is 13.3 Å². The predicted octanol–water partition coefficient (Wildman–Crippen LogP) is 1.10. The van der Waals surface area contributed by atoms with Crippen LogP contribution in [0.3, 0.4) is 0 Å². The van der Waals surface area contributed by atoms with Crippen LogP contribution in [0.2, 0.25) is 0 Å². The Morgan fingerprint density at radius 2 is 2.11 bits per heavy atom. The molecule has 0 amide bonds. The van der Waals surface area contributed by atoms with Crippen LogP contribution in [0, 0.1) is 5.53 Å². The molecule has 0 atom stereocenters. The minimum Gasteiger partial charge on any atom is -0.368 e. The van der Waals surface area contributed by atoms with E-state index in [1.165, 1.54) is 5.06 Å². The molecule has 0 saturated carbocycles. The number of nitrogens with two attached hydrogens (primary N) is 1. The van der Waals surface area contributed by atoms with Crippen molar-refractivity contribution in [2.45, 2.75) is 19.8 Å². The zero-order chi connectivity index (χ0) is 14.0. The number of unbranched alkanes of at least 4 members (excludes halogenated alkanes) is 1. The Labute approximate surface area is 105 Å². The quantitative estimate of drug-likeness (QED) is 0.442. The number of hydrogen-bond donors (Lipinski definition) is 2. The zero-order valence-corrected chi connectivity index (χ0v) is 10.5. The van der Waals surface area contributed by atoms with E-state index in [1.54, 1.807) is 7.05 Å². The fourth-order valence-electron chi connectivity index (χ4n) is 0.964. The Hall–Kier alpha value is -2.16. The number of nitrogens with zero attached hydrogens (tertiary/aromatic N) is 5. The molecule has 0 spiro atoms. The number of anilines is 2. The van der Waals surface area contributed by atoms with Crippen molar-refractivity contribution in [3.05, 3.63) is 0 Å². The van der Waals surface area contributed by atoms with E-state index in [4.69, 9.17) is 20.9 Å². The van der Waals surface area contributed by atoms with E-state index in [9.17, 15) is 0 Å². The van der Waals surface area contributed by atoms with Crippen molar-refractivity contribution in [3.63, 3.8) is 0 Å². The van der Waals surface area contributed by atoms with Gasteiger partial charge in [0.25, 0.3) is 11.9 Å². The van der Waals surface area contributed by atoms with E-state index >= 15 is 0 Å². The highest BCUT2D eigenvalue weighted by Crippen LogP contribution is 2.12. The lowest BCUT2D eigenvalue weighted by atomic mass is 10.4. The maximum Gasteiger partial charge on any atom is 0.274 e. The molecule has 0 aliphatic rings. The van der Waals surface area contributed by atoms with Gasteiger partial charge in [0, 0.05) is 7.05 Å². The number of rotatable bonds is 6. The third kappa shape index (κ3) is 5.25. The molecule has 1 rings (SSSR count). The molecular weight excluding hydrogens is 238 g/mol. The lowest BCUT2D eigenvalue weighted by Gasteiger charge is -2.16. The van der Waals surface area contributed by atoms with Crippen LogP contribution >= 0.6 is 0 Å². The van der Waals surface area contributed by atoms with E-state index < -0.39 is 0 Å². The summed E-state index contributed by atoms with van der Waals surface area (Å²) in [5.74, 6) is 0.227. The fraction of sp³-hybridized carbons (Fsp3) is 0.556. The van der Waals surface area contributed by atoms with Crippen molar-refractivity contribution in [2.24, 2.45) is 5.11 Å². The number of hydrogen-bond acceptors (Lipinski definition) is 9. The second kappa shape index (κ2) is 8.93. The first-order valence-corrected chi connectivity index (χ1v) is 5.22. The smallest absolute Gasteiger partial charge is 0.274 e. The van der Waals surface area contributed by atoms with Gasteiger partial charge in [-0.15, -0.1) is 5.11 Å². The van der Waals surface area contributed by atoms with E-state index in [0.717, 1.165) is 12.8 Å². The number of nitrogen functional groups attached to an aromatic ring is 1. The zero-order valence-electron chi connectivity index (χ0n) is 10.5. The Kier molecular flexibility index (Phi) is 7.86. The molecular formula is C9H17N7O2. The maximum absolute atomic E-state index is 8.00. The fourth-order valence-corrected chi connectivity index (χ4v) is 0.964. The van der Waals surface area contributed by atoms with E-state index in [2.05, 4.69) is 27.0 Å². The number of nitrogens with one attached hydrogen (secondary N) is 1. The standard InChI is InChI=1S/C8H15N7O.CH2O/c1-3-4-5-16-15(2)8-12-6(9)11-7(13-8)14-10;1-2/h10H,3-5H2,1-2H3,(H2,9,11,12,13);1H2. The van der Waals surface area contributed by atoms with Crippen LogP contribution in [0.25, 0.3) is 0 Å². The van der Waals surface area contributed by atoms with E-state index in [0.29, 0.717) is 6.61 Å². The predicted molar refractivity (Wildman–Crippen MR) is 65.4 cm³/mol. The van der Waals surface area contributed by atoms with Crippen molar-refractivity contribution in [1.29, 1.82) is 5.53 Å². The Balaban J connectivity index is 0.00000137. The molecule has 18 heavy (non-hydrogen) atoms. The largest absolute Gasteiger partial charge is 0.368 e. The molecule has 1 aromatic heterocycles. The first-order valence-electron chi connectivity index (χ1n) is 5.22. The third-order valence-corrected chi connectivity index (χ3v) is 1.79. The Morgan fingerprint density at radius 3 is 2.67 bits per heavy atom. The summed E-state index contributed by atoms with van der Waals surface area (Å²) in [4.78, 5) is 24.7. The average Bonchev–Trinajstić information content (AvgIpc) is 2.40. The van der Waals surface area contributed by atoms with E-state index in [-0.39, 0.29) is 17.8 Å². The van der Waals surface area contributed by atoms with Gasteiger partial charge in [0.1, 0.15) is 6.79 Å². The van der Waals surface area contributed by atoms with Crippen LogP contribution in [0.5, 0.6) is 0 Å². The van der Waals surface area contributed by atoms with Crippen molar-refractivity contribution in [1.82, 2.24) is 15.0 Å². The van der Waals surface area contributed by atoms with Gasteiger partial charge in [-0.25, -0.2) is 10.6 Å². The molecule has 9 heteroatoms. The highest BCUT2D eigenvalue weighted by Gasteiger charge is 2.08. The molecule has 0 aliphatic carbocycles. The molecule has 0 bridgehead atoms. The average molecular weight is 255 g/mol. The summed E-state index contributed by atoms with van der Waals surface area (Å²) in [5.41, 5.74) is 12.2. The summed E-state index contributed by atoms with van der Waals surface area (Å²) in [6.45, 7) is 4.65. The lowest BCUT2D eigenvalue weighted by molar-refractivity contribution is -0.0979. The van der Waals surface area contributed by atoms with Crippen LogP contribution in [-0.2, 0) is 9.63 Å². The summed E-state index contributed by atoms with van der Waals surface area (Å²) in [6, 6.07) is 0. The number of hydroxylamine groups is 1. The molecule has 1 heterocycles. The normalized spacial score (nSPS) is 9.22. The topological polar surface area (TPSA) is 130 Å². The van der Waals surface area contributed by atoms with Gasteiger partial charge in [-0.05, 0) is 6.42 Å². The molecule has 0 radical (unpaired) electrons. The second-order valence-electron chi connectivity index (χ2n) is 3.09. The Morgan fingerprint density at radius 1 is 1.44 bits per heavy atom. The first-order chi connectivity index (χ1) is 8.67. The van der Waals surface area contributed by atoms with Gasteiger partial charge in [0.2, 0.25) is 5.95 Å². The maximum atomic E-state index is 8.00.